The van der Waals surface area contributed by atoms with Gasteiger partial charge in [-0.1, -0.05) is 11.6 Å². The first-order chi connectivity index (χ1) is 15.7. The van der Waals surface area contributed by atoms with Crippen molar-refractivity contribution >= 4 is 33.3 Å². The number of aryl methyl sites for hydroxylation is 2. The molecule has 2 N–H and O–H groups in total. The molecule has 1 atom stereocenters. The molecule has 172 valence electrons. The zero-order valence-corrected chi connectivity index (χ0v) is 20.7. The fraction of sp³-hybridized carbons (Fsp3) is 0.261. The first kappa shape index (κ1) is 23.3. The van der Waals surface area contributed by atoms with E-state index in [-0.39, 0.29) is 11.6 Å². The van der Waals surface area contributed by atoms with Crippen LogP contribution in [0.15, 0.2) is 47.3 Å². The molecule has 10 heteroatoms. The van der Waals surface area contributed by atoms with Gasteiger partial charge in [-0.05, 0) is 54.0 Å². The molecule has 0 bridgehead atoms. The van der Waals surface area contributed by atoms with Crippen LogP contribution in [0.25, 0.3) is 11.3 Å². The number of ether oxygens (including phenoxy) is 1. The van der Waals surface area contributed by atoms with Crippen molar-refractivity contribution in [2.45, 2.75) is 32.9 Å². The highest BCUT2D eigenvalue weighted by atomic mass is 79.9. The van der Waals surface area contributed by atoms with E-state index in [1.165, 1.54) is 12.1 Å². The van der Waals surface area contributed by atoms with E-state index in [0.29, 0.717) is 22.9 Å². The minimum atomic E-state index is -0.518. The van der Waals surface area contributed by atoms with Crippen molar-refractivity contribution in [3.8, 4) is 17.0 Å². The maximum atomic E-state index is 14.3. The molecule has 33 heavy (non-hydrogen) atoms. The van der Waals surface area contributed by atoms with Gasteiger partial charge in [-0.15, -0.1) is 0 Å². The lowest BCUT2D eigenvalue weighted by molar-refractivity contribution is 0.227. The largest absolute Gasteiger partial charge is 0.482 e. The standard InChI is InChI=1S/C23H23BrClFN6O/c1-4-32-12-15(22(25)30-32)7-14-11-31(3)29-21(14)18-6-5-17(26)9-19(18)13(2)33-20-8-16(24)10-28-23(20)27/h5-6,8-13H,4,7H2,1-3H3,(H2,27,28)/t13-/m1/s1. The maximum absolute atomic E-state index is 14.3. The number of hydrogen-bond donors (Lipinski definition) is 1. The van der Waals surface area contributed by atoms with Gasteiger partial charge in [0.15, 0.2) is 16.7 Å². The Hall–Kier alpha value is -2.91. The quantitative estimate of drug-likeness (QED) is 0.336. The normalized spacial score (nSPS) is 12.2. The van der Waals surface area contributed by atoms with Gasteiger partial charge in [0.05, 0.1) is 5.69 Å². The fourth-order valence-corrected chi connectivity index (χ4v) is 4.21. The third kappa shape index (κ3) is 5.04. The van der Waals surface area contributed by atoms with Gasteiger partial charge >= 0.3 is 0 Å². The lowest BCUT2D eigenvalue weighted by atomic mass is 9.96. The minimum absolute atomic E-state index is 0.254. The predicted molar refractivity (Wildman–Crippen MR) is 130 cm³/mol. The van der Waals surface area contributed by atoms with Crippen LogP contribution in [0.2, 0.25) is 5.15 Å². The first-order valence-electron chi connectivity index (χ1n) is 10.4. The summed E-state index contributed by atoms with van der Waals surface area (Å²) in [5.41, 5.74) is 9.94. The molecule has 1 aromatic carbocycles. The number of pyridine rings is 1. The highest BCUT2D eigenvalue weighted by Crippen LogP contribution is 2.35. The third-order valence-corrected chi connectivity index (χ3v) is 6.01. The van der Waals surface area contributed by atoms with E-state index in [1.807, 2.05) is 33.3 Å². The lowest BCUT2D eigenvalue weighted by Crippen LogP contribution is -2.08. The summed E-state index contributed by atoms with van der Waals surface area (Å²) < 4.78 is 24.6. The Labute approximate surface area is 204 Å². The van der Waals surface area contributed by atoms with Crippen LogP contribution in [0.1, 0.15) is 36.6 Å². The summed E-state index contributed by atoms with van der Waals surface area (Å²) in [4.78, 5) is 4.10. The van der Waals surface area contributed by atoms with Gasteiger partial charge in [-0.3, -0.25) is 9.36 Å². The smallest absolute Gasteiger partial charge is 0.166 e. The van der Waals surface area contributed by atoms with Crippen LogP contribution in [0.5, 0.6) is 5.75 Å². The van der Waals surface area contributed by atoms with Gasteiger partial charge in [0.25, 0.3) is 0 Å². The third-order valence-electron chi connectivity index (χ3n) is 5.25. The molecule has 0 amide bonds. The summed E-state index contributed by atoms with van der Waals surface area (Å²) in [6.07, 6.45) is 5.47. The van der Waals surface area contributed by atoms with Crippen molar-refractivity contribution in [2.24, 2.45) is 7.05 Å². The molecule has 0 saturated carbocycles. The topological polar surface area (TPSA) is 83.8 Å². The van der Waals surface area contributed by atoms with E-state index in [4.69, 9.17) is 22.1 Å². The Morgan fingerprint density at radius 3 is 2.73 bits per heavy atom. The van der Waals surface area contributed by atoms with Crippen molar-refractivity contribution in [3.63, 3.8) is 0 Å². The maximum Gasteiger partial charge on any atom is 0.166 e. The molecule has 0 spiro atoms. The van der Waals surface area contributed by atoms with Crippen LogP contribution >= 0.6 is 27.5 Å². The summed E-state index contributed by atoms with van der Waals surface area (Å²) in [6.45, 7) is 4.57. The summed E-state index contributed by atoms with van der Waals surface area (Å²) in [5.74, 6) is 0.297. The number of anilines is 1. The van der Waals surface area contributed by atoms with Crippen LogP contribution in [0.4, 0.5) is 10.2 Å². The van der Waals surface area contributed by atoms with E-state index in [1.54, 1.807) is 27.7 Å². The number of nitrogen functional groups attached to an aromatic ring is 1. The van der Waals surface area contributed by atoms with E-state index in [0.717, 1.165) is 33.4 Å². The van der Waals surface area contributed by atoms with E-state index < -0.39 is 6.10 Å². The minimum Gasteiger partial charge on any atom is -0.482 e. The van der Waals surface area contributed by atoms with E-state index in [2.05, 4.69) is 31.1 Å². The number of rotatable bonds is 7. The molecule has 3 aromatic heterocycles. The molecule has 0 saturated heterocycles. The van der Waals surface area contributed by atoms with Crippen LogP contribution in [0, 0.1) is 5.82 Å². The van der Waals surface area contributed by atoms with Gasteiger partial charge in [-0.2, -0.15) is 10.2 Å². The van der Waals surface area contributed by atoms with Crippen LogP contribution in [-0.2, 0) is 20.0 Å². The monoisotopic (exact) mass is 532 g/mol. The van der Waals surface area contributed by atoms with Gasteiger partial charge in [0.2, 0.25) is 0 Å². The predicted octanol–water partition coefficient (Wildman–Crippen LogP) is 5.57. The Bertz CT molecular complexity index is 1300. The van der Waals surface area contributed by atoms with Gasteiger partial charge in [0.1, 0.15) is 11.9 Å². The van der Waals surface area contributed by atoms with Crippen molar-refractivity contribution in [1.29, 1.82) is 0 Å². The summed E-state index contributed by atoms with van der Waals surface area (Å²) >= 11 is 9.72. The van der Waals surface area contributed by atoms with Gasteiger partial charge in [0, 0.05) is 65.3 Å². The highest BCUT2D eigenvalue weighted by molar-refractivity contribution is 9.10. The number of aromatic nitrogens is 5. The van der Waals surface area contributed by atoms with Crippen LogP contribution in [-0.4, -0.2) is 24.5 Å². The zero-order valence-electron chi connectivity index (χ0n) is 18.4. The summed E-state index contributed by atoms with van der Waals surface area (Å²) in [5, 5.41) is 9.45. The Balaban J connectivity index is 1.73. The summed E-state index contributed by atoms with van der Waals surface area (Å²) in [6, 6.07) is 6.33. The molecule has 0 aliphatic heterocycles. The van der Waals surface area contributed by atoms with Gasteiger partial charge < -0.3 is 10.5 Å². The number of nitrogens with two attached hydrogens (primary N) is 1. The molecule has 0 aliphatic carbocycles. The van der Waals surface area contributed by atoms with E-state index >= 15 is 0 Å². The second kappa shape index (κ2) is 9.52. The van der Waals surface area contributed by atoms with Crippen molar-refractivity contribution in [2.75, 3.05) is 5.73 Å². The molecule has 0 unspecified atom stereocenters. The highest BCUT2D eigenvalue weighted by Gasteiger charge is 2.21. The molecular formula is C23H23BrClFN6O. The molecule has 7 nitrogen and oxygen atoms in total. The van der Waals surface area contributed by atoms with Crippen molar-refractivity contribution in [1.82, 2.24) is 24.5 Å². The molecule has 0 aliphatic rings. The number of hydrogen-bond acceptors (Lipinski definition) is 5. The molecule has 3 heterocycles. The molecular weight excluding hydrogens is 511 g/mol. The first-order valence-corrected chi connectivity index (χ1v) is 11.5. The van der Waals surface area contributed by atoms with Crippen LogP contribution in [0.3, 0.4) is 0 Å². The average Bonchev–Trinajstić information content (AvgIpc) is 3.32. The Morgan fingerprint density at radius 2 is 2.00 bits per heavy atom. The number of nitrogens with zero attached hydrogens (tertiary/aromatic N) is 5. The number of halogens is 3. The molecule has 4 rings (SSSR count). The molecule has 0 fully saturated rings. The van der Waals surface area contributed by atoms with Gasteiger partial charge in [-0.25, -0.2) is 9.37 Å². The number of benzene rings is 1. The Morgan fingerprint density at radius 1 is 1.21 bits per heavy atom. The zero-order chi connectivity index (χ0) is 23.7. The molecule has 4 aromatic rings. The van der Waals surface area contributed by atoms with Crippen LogP contribution < -0.4 is 10.5 Å². The second-order valence-corrected chi connectivity index (χ2v) is 8.96. The molecule has 0 radical (unpaired) electrons. The Kier molecular flexibility index (Phi) is 6.71. The second-order valence-electron chi connectivity index (χ2n) is 7.68. The average molecular weight is 534 g/mol. The van der Waals surface area contributed by atoms with Crippen molar-refractivity contribution < 1.29 is 9.13 Å². The van der Waals surface area contributed by atoms with E-state index in [9.17, 15) is 4.39 Å². The summed E-state index contributed by atoms with van der Waals surface area (Å²) in [7, 11) is 1.85. The lowest BCUT2D eigenvalue weighted by Gasteiger charge is -2.19. The fourth-order valence-electron chi connectivity index (χ4n) is 3.68. The van der Waals surface area contributed by atoms with Crippen molar-refractivity contribution in [3.05, 3.63) is 75.0 Å². The SMILES string of the molecule is CCn1cc(Cc2cn(C)nc2-c2ccc(F)cc2[C@@H](C)Oc2cc(Br)cnc2N)c(Cl)n1.